The Labute approximate surface area is 138 Å². The molecule has 2 aliphatic rings. The van der Waals surface area contributed by atoms with Crippen LogP contribution in [-0.4, -0.2) is 51.1 Å². The summed E-state index contributed by atoms with van der Waals surface area (Å²) in [6.45, 7) is 4.16. The largest absolute Gasteiger partial charge is 0.495 e. The van der Waals surface area contributed by atoms with Crippen molar-refractivity contribution in [3.63, 3.8) is 0 Å². The molecule has 1 heterocycles. The Bertz CT molecular complexity index is 547. The van der Waals surface area contributed by atoms with Crippen LogP contribution in [0.2, 0.25) is 0 Å². The third-order valence-electron chi connectivity index (χ3n) is 5.04. The number of ether oxygens (including phenoxy) is 1. The molecule has 0 unspecified atom stereocenters. The Morgan fingerprint density at radius 2 is 1.87 bits per heavy atom. The Morgan fingerprint density at radius 1 is 1.17 bits per heavy atom. The molecule has 1 aliphatic carbocycles. The van der Waals surface area contributed by atoms with Gasteiger partial charge in [-0.05, 0) is 38.1 Å². The molecule has 1 aliphatic heterocycles. The van der Waals surface area contributed by atoms with Crippen molar-refractivity contribution in [2.45, 2.75) is 25.7 Å². The van der Waals surface area contributed by atoms with Crippen molar-refractivity contribution in [2.24, 2.45) is 5.92 Å². The zero-order valence-electron chi connectivity index (χ0n) is 14.2. The number of amides is 1. The van der Waals surface area contributed by atoms with Crippen molar-refractivity contribution in [2.75, 3.05) is 50.6 Å². The van der Waals surface area contributed by atoms with E-state index in [-0.39, 0.29) is 11.8 Å². The van der Waals surface area contributed by atoms with Crippen molar-refractivity contribution in [1.29, 1.82) is 0 Å². The average Bonchev–Trinajstić information content (AvgIpc) is 3.10. The number of nitrogens with zero attached hydrogens (tertiary/aromatic N) is 2. The van der Waals surface area contributed by atoms with Gasteiger partial charge in [0, 0.05) is 37.8 Å². The number of benzene rings is 1. The number of carbonyl (C=O) groups excluding carboxylic acids is 1. The van der Waals surface area contributed by atoms with E-state index in [0.717, 1.165) is 69.0 Å². The zero-order valence-corrected chi connectivity index (χ0v) is 14.2. The predicted octanol–water partition coefficient (Wildman–Crippen LogP) is 2.58. The summed E-state index contributed by atoms with van der Waals surface area (Å²) < 4.78 is 5.43. The summed E-state index contributed by atoms with van der Waals surface area (Å²) in [6, 6.07) is 6.09. The van der Waals surface area contributed by atoms with E-state index in [9.17, 15) is 4.79 Å². The van der Waals surface area contributed by atoms with E-state index in [4.69, 9.17) is 4.74 Å². The van der Waals surface area contributed by atoms with Gasteiger partial charge in [-0.2, -0.15) is 0 Å². The van der Waals surface area contributed by atoms with E-state index < -0.39 is 0 Å². The van der Waals surface area contributed by atoms with E-state index >= 15 is 0 Å². The quantitative estimate of drug-likeness (QED) is 0.927. The van der Waals surface area contributed by atoms with Crippen LogP contribution in [0, 0.1) is 5.92 Å². The Morgan fingerprint density at radius 3 is 2.52 bits per heavy atom. The number of nitrogens with one attached hydrogen (secondary N) is 1. The number of hydrogen-bond donors (Lipinski definition) is 1. The Hall–Kier alpha value is -1.75. The van der Waals surface area contributed by atoms with Crippen molar-refractivity contribution in [3.8, 4) is 5.75 Å². The number of likely N-dealkylation sites (N-methyl/N-ethyl adjacent to an activating group) is 1. The van der Waals surface area contributed by atoms with Gasteiger partial charge in [0.1, 0.15) is 5.75 Å². The minimum atomic E-state index is 0.135. The molecule has 3 rings (SSSR count). The third-order valence-corrected chi connectivity index (χ3v) is 5.04. The summed E-state index contributed by atoms with van der Waals surface area (Å²) in [4.78, 5) is 17.1. The van der Waals surface area contributed by atoms with Gasteiger partial charge in [-0.15, -0.1) is 0 Å². The van der Waals surface area contributed by atoms with E-state index in [1.807, 2.05) is 6.07 Å². The molecule has 1 saturated heterocycles. The second kappa shape index (κ2) is 7.21. The fourth-order valence-electron chi connectivity index (χ4n) is 3.48. The van der Waals surface area contributed by atoms with Crippen LogP contribution < -0.4 is 15.0 Å². The smallest absolute Gasteiger partial charge is 0.227 e. The first-order valence-corrected chi connectivity index (χ1v) is 8.60. The first kappa shape index (κ1) is 16.1. The molecule has 126 valence electrons. The van der Waals surface area contributed by atoms with Gasteiger partial charge in [0.05, 0.1) is 12.8 Å². The summed E-state index contributed by atoms with van der Waals surface area (Å²) >= 11 is 0. The van der Waals surface area contributed by atoms with Crippen LogP contribution in [0.25, 0.3) is 0 Å². The Kier molecular flexibility index (Phi) is 5.06. The number of piperazine rings is 1. The summed E-state index contributed by atoms with van der Waals surface area (Å²) in [5, 5.41) is 3.09. The minimum Gasteiger partial charge on any atom is -0.495 e. The molecule has 1 N–H and O–H groups in total. The molecule has 1 amide bonds. The molecule has 5 nitrogen and oxygen atoms in total. The van der Waals surface area contributed by atoms with Gasteiger partial charge < -0.3 is 19.9 Å². The van der Waals surface area contributed by atoms with Gasteiger partial charge in [-0.25, -0.2) is 0 Å². The molecule has 5 heteroatoms. The van der Waals surface area contributed by atoms with Crippen LogP contribution in [-0.2, 0) is 4.79 Å². The molecule has 1 aromatic rings. The van der Waals surface area contributed by atoms with E-state index in [1.165, 1.54) is 0 Å². The van der Waals surface area contributed by atoms with Gasteiger partial charge in [-0.1, -0.05) is 12.8 Å². The minimum absolute atomic E-state index is 0.135. The maximum absolute atomic E-state index is 12.4. The van der Waals surface area contributed by atoms with Crippen molar-refractivity contribution in [3.05, 3.63) is 18.2 Å². The van der Waals surface area contributed by atoms with Gasteiger partial charge >= 0.3 is 0 Å². The van der Waals surface area contributed by atoms with Crippen LogP contribution in [0.3, 0.4) is 0 Å². The lowest BCUT2D eigenvalue weighted by molar-refractivity contribution is -0.119. The zero-order chi connectivity index (χ0) is 16.2. The number of methoxy groups -OCH3 is 1. The van der Waals surface area contributed by atoms with Crippen LogP contribution in [0.5, 0.6) is 5.75 Å². The molecule has 2 fully saturated rings. The highest BCUT2D eigenvalue weighted by molar-refractivity contribution is 5.94. The highest BCUT2D eigenvalue weighted by Gasteiger charge is 2.24. The van der Waals surface area contributed by atoms with E-state index in [0.29, 0.717) is 0 Å². The van der Waals surface area contributed by atoms with Gasteiger partial charge in [-0.3, -0.25) is 4.79 Å². The summed E-state index contributed by atoms with van der Waals surface area (Å²) in [5.41, 5.74) is 1.95. The number of rotatable bonds is 4. The van der Waals surface area contributed by atoms with E-state index in [2.05, 4.69) is 34.3 Å². The summed E-state index contributed by atoms with van der Waals surface area (Å²) in [6.07, 6.45) is 4.34. The molecular weight excluding hydrogens is 290 g/mol. The molecule has 23 heavy (non-hydrogen) atoms. The van der Waals surface area contributed by atoms with E-state index in [1.54, 1.807) is 7.11 Å². The lowest BCUT2D eigenvalue weighted by Gasteiger charge is -2.34. The van der Waals surface area contributed by atoms with Crippen LogP contribution >= 0.6 is 0 Å². The lowest BCUT2D eigenvalue weighted by Crippen LogP contribution is -2.44. The monoisotopic (exact) mass is 317 g/mol. The molecule has 0 radical (unpaired) electrons. The highest BCUT2D eigenvalue weighted by atomic mass is 16.5. The second-order valence-electron chi connectivity index (χ2n) is 6.65. The molecule has 1 saturated carbocycles. The van der Waals surface area contributed by atoms with Crippen molar-refractivity contribution >= 4 is 17.3 Å². The second-order valence-corrected chi connectivity index (χ2v) is 6.65. The average molecular weight is 317 g/mol. The van der Waals surface area contributed by atoms with Gasteiger partial charge in [0.25, 0.3) is 0 Å². The first-order valence-electron chi connectivity index (χ1n) is 8.60. The van der Waals surface area contributed by atoms with Gasteiger partial charge in [0.2, 0.25) is 5.91 Å². The predicted molar refractivity (Wildman–Crippen MR) is 93.3 cm³/mol. The maximum atomic E-state index is 12.4. The number of carbonyl (C=O) groups is 1. The fraction of sp³-hybridized carbons (Fsp3) is 0.611. The first-order chi connectivity index (χ1) is 11.2. The SMILES string of the molecule is COc1ccc(N2CCN(C)CC2)cc1NC(=O)C1CCCC1. The molecule has 0 atom stereocenters. The molecule has 1 aromatic carbocycles. The van der Waals surface area contributed by atoms with Crippen molar-refractivity contribution in [1.82, 2.24) is 4.90 Å². The normalized spacial score (nSPS) is 19.8. The number of anilines is 2. The highest BCUT2D eigenvalue weighted by Crippen LogP contribution is 2.32. The van der Waals surface area contributed by atoms with Crippen LogP contribution in [0.1, 0.15) is 25.7 Å². The molecule has 0 spiro atoms. The fourth-order valence-corrected chi connectivity index (χ4v) is 3.48. The molecule has 0 bridgehead atoms. The summed E-state index contributed by atoms with van der Waals surface area (Å²) in [5.74, 6) is 1.03. The molecule has 0 aromatic heterocycles. The summed E-state index contributed by atoms with van der Waals surface area (Å²) in [7, 11) is 3.80. The van der Waals surface area contributed by atoms with Crippen molar-refractivity contribution < 1.29 is 9.53 Å². The standard InChI is InChI=1S/C18H27N3O2/c1-20-9-11-21(12-10-20)15-7-8-17(23-2)16(13-15)19-18(22)14-5-3-4-6-14/h7-8,13-14H,3-6,9-12H2,1-2H3,(H,19,22). The van der Waals surface area contributed by atoms with Crippen LogP contribution in [0.15, 0.2) is 18.2 Å². The Balaban J connectivity index is 1.74. The lowest BCUT2D eigenvalue weighted by atomic mass is 10.1. The number of hydrogen-bond acceptors (Lipinski definition) is 4. The molecular formula is C18H27N3O2. The van der Waals surface area contributed by atoms with Gasteiger partial charge in [0.15, 0.2) is 0 Å². The maximum Gasteiger partial charge on any atom is 0.227 e. The van der Waals surface area contributed by atoms with Crippen LogP contribution in [0.4, 0.5) is 11.4 Å². The third kappa shape index (κ3) is 3.78. The topological polar surface area (TPSA) is 44.8 Å².